The number of carbonyl (C=O) groups is 2. The van der Waals surface area contributed by atoms with Crippen molar-refractivity contribution in [3.63, 3.8) is 0 Å². The monoisotopic (exact) mass is 462 g/mol. The summed E-state index contributed by atoms with van der Waals surface area (Å²) in [5.41, 5.74) is 2.30. The predicted octanol–water partition coefficient (Wildman–Crippen LogP) is 4.38. The van der Waals surface area contributed by atoms with Crippen LogP contribution in [0.1, 0.15) is 49.4 Å². The van der Waals surface area contributed by atoms with Crippen LogP contribution in [0.4, 0.5) is 0 Å². The molecule has 0 spiro atoms. The summed E-state index contributed by atoms with van der Waals surface area (Å²) >= 11 is 0. The Bertz CT molecular complexity index is 1250. The van der Waals surface area contributed by atoms with Crippen molar-refractivity contribution in [3.8, 4) is 28.7 Å². The van der Waals surface area contributed by atoms with E-state index in [2.05, 4.69) is 0 Å². The first-order valence-electron chi connectivity index (χ1n) is 10.8. The second kappa shape index (κ2) is 9.47. The highest BCUT2D eigenvalue weighted by Crippen LogP contribution is 2.40. The van der Waals surface area contributed by atoms with Crippen LogP contribution in [0.3, 0.4) is 0 Å². The van der Waals surface area contributed by atoms with Gasteiger partial charge in [0.1, 0.15) is 11.5 Å². The van der Waals surface area contributed by atoms with Crippen molar-refractivity contribution in [2.45, 2.75) is 19.3 Å². The summed E-state index contributed by atoms with van der Waals surface area (Å²) in [6, 6.07) is 12.0. The fraction of sp³-hybridized carbons (Fsp3) is 0.259. The van der Waals surface area contributed by atoms with Crippen LogP contribution in [0.2, 0.25) is 0 Å². The minimum atomic E-state index is -0.411. The Morgan fingerprint density at radius 2 is 1.35 bits per heavy atom. The number of methoxy groups -OCH3 is 4. The first-order valence-corrected chi connectivity index (χ1v) is 10.8. The standard InChI is InChI=1S/C27H26O7/c1-31-19-10-6-9-17-22(19)26(30)23-18(25(17)29)12-11-16(24(23)28)8-5-7-15-13-20(32-2)27(34-4)21(14-15)33-3/h6,9-14,28H,5,7-8H2,1-4H3. The van der Waals surface area contributed by atoms with Crippen LogP contribution in [-0.2, 0) is 12.8 Å². The van der Waals surface area contributed by atoms with Crippen molar-refractivity contribution in [1.29, 1.82) is 0 Å². The Morgan fingerprint density at radius 3 is 1.97 bits per heavy atom. The number of rotatable bonds is 8. The number of carbonyl (C=O) groups excluding carboxylic acids is 2. The average molecular weight is 462 g/mol. The summed E-state index contributed by atoms with van der Waals surface area (Å²) in [7, 11) is 6.14. The molecule has 0 aromatic heterocycles. The summed E-state index contributed by atoms with van der Waals surface area (Å²) in [6.45, 7) is 0. The Morgan fingerprint density at radius 1 is 0.706 bits per heavy atom. The van der Waals surface area contributed by atoms with Crippen molar-refractivity contribution in [2.75, 3.05) is 28.4 Å². The van der Waals surface area contributed by atoms with Crippen molar-refractivity contribution in [3.05, 3.63) is 75.8 Å². The number of aryl methyl sites for hydroxylation is 2. The molecule has 3 aromatic rings. The Kier molecular flexibility index (Phi) is 6.45. The molecule has 34 heavy (non-hydrogen) atoms. The topological polar surface area (TPSA) is 91.3 Å². The first kappa shape index (κ1) is 23.2. The van der Waals surface area contributed by atoms with E-state index in [4.69, 9.17) is 18.9 Å². The second-order valence-corrected chi connectivity index (χ2v) is 7.92. The minimum Gasteiger partial charge on any atom is -0.507 e. The zero-order valence-corrected chi connectivity index (χ0v) is 19.6. The van der Waals surface area contributed by atoms with Gasteiger partial charge in [-0.25, -0.2) is 0 Å². The second-order valence-electron chi connectivity index (χ2n) is 7.92. The lowest BCUT2D eigenvalue weighted by atomic mass is 9.81. The molecule has 0 fully saturated rings. The molecule has 0 saturated heterocycles. The van der Waals surface area contributed by atoms with Gasteiger partial charge in [0.25, 0.3) is 0 Å². The number of aromatic hydroxyl groups is 1. The third kappa shape index (κ3) is 3.83. The van der Waals surface area contributed by atoms with Gasteiger partial charge in [-0.2, -0.15) is 0 Å². The van der Waals surface area contributed by atoms with E-state index in [0.29, 0.717) is 47.8 Å². The van der Waals surface area contributed by atoms with E-state index in [1.165, 1.54) is 7.11 Å². The Labute approximate surface area is 197 Å². The highest BCUT2D eigenvalue weighted by atomic mass is 16.5. The summed E-state index contributed by atoms with van der Waals surface area (Å²) < 4.78 is 21.5. The number of hydrogen-bond acceptors (Lipinski definition) is 7. The van der Waals surface area contributed by atoms with Gasteiger partial charge >= 0.3 is 0 Å². The van der Waals surface area contributed by atoms with E-state index in [9.17, 15) is 14.7 Å². The van der Waals surface area contributed by atoms with Gasteiger partial charge < -0.3 is 24.1 Å². The van der Waals surface area contributed by atoms with Gasteiger partial charge in [-0.05, 0) is 54.7 Å². The molecule has 0 bridgehead atoms. The molecular formula is C27H26O7. The number of hydrogen-bond donors (Lipinski definition) is 1. The molecule has 7 nitrogen and oxygen atoms in total. The predicted molar refractivity (Wildman–Crippen MR) is 126 cm³/mol. The lowest BCUT2D eigenvalue weighted by Crippen LogP contribution is -2.22. The van der Waals surface area contributed by atoms with Gasteiger partial charge in [0.05, 0.1) is 39.6 Å². The van der Waals surface area contributed by atoms with E-state index in [1.54, 1.807) is 51.7 Å². The van der Waals surface area contributed by atoms with Gasteiger partial charge in [-0.3, -0.25) is 9.59 Å². The van der Waals surface area contributed by atoms with E-state index in [0.717, 1.165) is 5.56 Å². The summed E-state index contributed by atoms with van der Waals surface area (Å²) in [4.78, 5) is 26.3. The maximum absolute atomic E-state index is 13.3. The molecule has 4 rings (SSSR count). The third-order valence-corrected chi connectivity index (χ3v) is 6.09. The number of phenolic OH excluding ortho intramolecular Hbond substituents is 1. The molecule has 0 heterocycles. The zero-order valence-electron chi connectivity index (χ0n) is 19.6. The molecule has 7 heteroatoms. The molecule has 0 amide bonds. The van der Waals surface area contributed by atoms with Crippen LogP contribution < -0.4 is 18.9 Å². The molecule has 0 aliphatic heterocycles. The summed E-state index contributed by atoms with van der Waals surface area (Å²) in [6.07, 6.45) is 1.87. The van der Waals surface area contributed by atoms with Crippen molar-refractivity contribution in [2.24, 2.45) is 0 Å². The molecule has 0 radical (unpaired) electrons. The van der Waals surface area contributed by atoms with Crippen LogP contribution in [0, 0.1) is 0 Å². The molecule has 0 unspecified atom stereocenters. The van der Waals surface area contributed by atoms with Gasteiger partial charge in [0.15, 0.2) is 17.3 Å². The maximum atomic E-state index is 13.3. The molecule has 1 aliphatic carbocycles. The lowest BCUT2D eigenvalue weighted by Gasteiger charge is -2.21. The summed E-state index contributed by atoms with van der Waals surface area (Å²) in [5.74, 6) is 1.12. The number of fused-ring (bicyclic) bond motifs is 2. The summed E-state index contributed by atoms with van der Waals surface area (Å²) in [5, 5.41) is 11.0. The fourth-order valence-electron chi connectivity index (χ4n) is 4.41. The van der Waals surface area contributed by atoms with Crippen molar-refractivity contribution >= 4 is 11.6 Å². The number of benzene rings is 3. The van der Waals surface area contributed by atoms with Crippen molar-refractivity contribution < 1.29 is 33.6 Å². The van der Waals surface area contributed by atoms with E-state index in [1.807, 2.05) is 12.1 Å². The number of ether oxygens (including phenoxy) is 4. The van der Waals surface area contributed by atoms with Crippen LogP contribution in [0.25, 0.3) is 0 Å². The van der Waals surface area contributed by atoms with Gasteiger partial charge in [0, 0.05) is 11.1 Å². The largest absolute Gasteiger partial charge is 0.507 e. The molecule has 3 aromatic carbocycles. The Balaban J connectivity index is 1.59. The SMILES string of the molecule is COc1cc(CCCc2ccc3c(c2O)C(=O)c2c(OC)cccc2C3=O)cc(OC)c1OC. The lowest BCUT2D eigenvalue weighted by molar-refractivity contribution is 0.0974. The fourth-order valence-corrected chi connectivity index (χ4v) is 4.41. The van der Waals surface area contributed by atoms with Gasteiger partial charge in [-0.1, -0.05) is 18.2 Å². The van der Waals surface area contributed by atoms with Crippen LogP contribution in [0.15, 0.2) is 42.5 Å². The number of phenols is 1. The first-order chi connectivity index (χ1) is 16.4. The van der Waals surface area contributed by atoms with Crippen LogP contribution >= 0.6 is 0 Å². The quantitative estimate of drug-likeness (QED) is 0.416. The molecular weight excluding hydrogens is 436 g/mol. The van der Waals surface area contributed by atoms with E-state index < -0.39 is 5.78 Å². The van der Waals surface area contributed by atoms with E-state index >= 15 is 0 Å². The molecule has 0 atom stereocenters. The smallest absolute Gasteiger partial charge is 0.203 e. The molecule has 176 valence electrons. The molecule has 0 saturated carbocycles. The minimum absolute atomic E-state index is 0.0345. The van der Waals surface area contributed by atoms with Crippen LogP contribution in [0.5, 0.6) is 28.7 Å². The zero-order chi connectivity index (χ0) is 24.4. The van der Waals surface area contributed by atoms with E-state index in [-0.39, 0.29) is 33.8 Å². The number of ketones is 2. The third-order valence-electron chi connectivity index (χ3n) is 6.09. The van der Waals surface area contributed by atoms with Gasteiger partial charge in [0.2, 0.25) is 11.5 Å². The highest BCUT2D eigenvalue weighted by molar-refractivity contribution is 6.30. The van der Waals surface area contributed by atoms with Gasteiger partial charge in [-0.15, -0.1) is 0 Å². The molecule has 1 aliphatic rings. The maximum Gasteiger partial charge on any atom is 0.203 e. The average Bonchev–Trinajstić information content (AvgIpc) is 2.86. The van der Waals surface area contributed by atoms with Crippen LogP contribution in [-0.4, -0.2) is 45.1 Å². The Hall–Kier alpha value is -4.00. The van der Waals surface area contributed by atoms with Crippen molar-refractivity contribution in [1.82, 2.24) is 0 Å². The normalized spacial score (nSPS) is 12.1. The highest BCUT2D eigenvalue weighted by Gasteiger charge is 2.35. The molecule has 1 N–H and O–H groups in total.